The molecule has 0 saturated carbocycles. The summed E-state index contributed by atoms with van der Waals surface area (Å²) >= 11 is 0. The maximum absolute atomic E-state index is 11.1. The first-order valence-electron chi connectivity index (χ1n) is 4.46. The van der Waals surface area contributed by atoms with E-state index in [-0.39, 0.29) is 0 Å². The number of rotatable bonds is 7. The Morgan fingerprint density at radius 1 is 1.25 bits per heavy atom. The van der Waals surface area contributed by atoms with E-state index in [2.05, 4.69) is 5.92 Å². The molecule has 0 unspecified atom stereocenters. The van der Waals surface area contributed by atoms with Crippen molar-refractivity contribution in [1.29, 1.82) is 0 Å². The fourth-order valence-corrected chi connectivity index (χ4v) is 0.979. The van der Waals surface area contributed by atoms with Gasteiger partial charge in [-0.2, -0.15) is 0 Å². The number of hydrogen-bond donors (Lipinski definition) is 1. The van der Waals surface area contributed by atoms with E-state index in [1.807, 2.05) is 0 Å². The molecular weight excluding hydrogens is 150 g/mol. The Morgan fingerprint density at radius 3 is 2.50 bits per heavy atom. The lowest BCUT2D eigenvalue weighted by Gasteiger charge is -1.97. The van der Waals surface area contributed by atoms with Gasteiger partial charge in [-0.1, -0.05) is 0 Å². The van der Waals surface area contributed by atoms with Gasteiger partial charge in [-0.15, -0.1) is 12.3 Å². The third-order valence-electron chi connectivity index (χ3n) is 1.69. The van der Waals surface area contributed by atoms with Crippen LogP contribution in [0.15, 0.2) is 0 Å². The number of unbranched alkanes of at least 4 members (excludes halogenated alkanes) is 2. The van der Waals surface area contributed by atoms with E-state index < -0.39 is 0 Å². The summed E-state index contributed by atoms with van der Waals surface area (Å²) in [5, 5.41) is 0. The van der Waals surface area contributed by atoms with Crippen molar-refractivity contribution in [3.8, 4) is 12.3 Å². The minimum absolute atomic E-state index is 0.318. The Labute approximate surface area is 74.5 Å². The van der Waals surface area contributed by atoms with Crippen LogP contribution in [-0.4, -0.2) is 12.3 Å². The normalized spacial score (nSPS) is 9.33. The van der Waals surface area contributed by atoms with Gasteiger partial charge in [0.15, 0.2) is 0 Å². The molecule has 68 valence electrons. The topological polar surface area (TPSA) is 43.1 Å². The van der Waals surface area contributed by atoms with Gasteiger partial charge in [-0.25, -0.2) is 0 Å². The van der Waals surface area contributed by atoms with Crippen molar-refractivity contribution in [2.75, 3.05) is 6.54 Å². The second kappa shape index (κ2) is 8.29. The molecule has 0 aromatic carbocycles. The fraction of sp³-hybridized carbons (Fsp3) is 0.700. The monoisotopic (exact) mass is 167 g/mol. The van der Waals surface area contributed by atoms with Crippen LogP contribution in [0.3, 0.4) is 0 Å². The minimum Gasteiger partial charge on any atom is -0.330 e. The highest BCUT2D eigenvalue weighted by Gasteiger charge is 1.99. The minimum atomic E-state index is 0.318. The predicted molar refractivity (Wildman–Crippen MR) is 50.6 cm³/mol. The van der Waals surface area contributed by atoms with Crippen molar-refractivity contribution in [2.24, 2.45) is 5.73 Å². The zero-order valence-electron chi connectivity index (χ0n) is 7.51. The summed E-state index contributed by atoms with van der Waals surface area (Å²) in [5.74, 6) is 2.84. The molecule has 0 aliphatic rings. The molecule has 12 heavy (non-hydrogen) atoms. The predicted octanol–water partition coefficient (Wildman–Crippen LogP) is 1.49. The first-order chi connectivity index (χ1) is 5.81. The largest absolute Gasteiger partial charge is 0.330 e. The van der Waals surface area contributed by atoms with Crippen LogP contribution in [0.25, 0.3) is 0 Å². The summed E-state index contributed by atoms with van der Waals surface area (Å²) in [7, 11) is 0. The third-order valence-corrected chi connectivity index (χ3v) is 1.69. The van der Waals surface area contributed by atoms with Crippen molar-refractivity contribution in [3.63, 3.8) is 0 Å². The molecule has 0 aromatic rings. The highest BCUT2D eigenvalue weighted by molar-refractivity contribution is 5.78. The Kier molecular flexibility index (Phi) is 7.73. The fourth-order valence-electron chi connectivity index (χ4n) is 0.979. The van der Waals surface area contributed by atoms with Gasteiger partial charge in [0.2, 0.25) is 0 Å². The zero-order chi connectivity index (χ0) is 9.23. The van der Waals surface area contributed by atoms with Crippen LogP contribution in [-0.2, 0) is 4.79 Å². The average Bonchev–Trinajstić information content (AvgIpc) is 2.06. The number of hydrogen-bond acceptors (Lipinski definition) is 2. The number of carbonyl (C=O) groups is 1. The first-order valence-corrected chi connectivity index (χ1v) is 4.46. The molecule has 2 heteroatoms. The quantitative estimate of drug-likeness (QED) is 0.461. The van der Waals surface area contributed by atoms with Gasteiger partial charge in [0.25, 0.3) is 0 Å². The van der Waals surface area contributed by atoms with E-state index in [4.69, 9.17) is 12.2 Å². The summed E-state index contributed by atoms with van der Waals surface area (Å²) < 4.78 is 0. The second-order valence-electron chi connectivity index (χ2n) is 2.84. The summed E-state index contributed by atoms with van der Waals surface area (Å²) in [6.07, 6.45) is 9.77. The Morgan fingerprint density at radius 2 is 1.92 bits per heavy atom. The van der Waals surface area contributed by atoms with Gasteiger partial charge in [-0.05, 0) is 25.8 Å². The molecule has 0 bridgehead atoms. The van der Waals surface area contributed by atoms with E-state index >= 15 is 0 Å². The van der Waals surface area contributed by atoms with Crippen molar-refractivity contribution >= 4 is 5.78 Å². The summed E-state index contributed by atoms with van der Waals surface area (Å²) in [4.78, 5) is 11.1. The molecule has 0 saturated heterocycles. The molecule has 0 heterocycles. The summed E-state index contributed by atoms with van der Waals surface area (Å²) in [5.41, 5.74) is 5.30. The number of ketones is 1. The van der Waals surface area contributed by atoms with E-state index in [0.29, 0.717) is 31.6 Å². The van der Waals surface area contributed by atoms with Crippen molar-refractivity contribution in [1.82, 2.24) is 0 Å². The first kappa shape index (κ1) is 11.2. The van der Waals surface area contributed by atoms with Gasteiger partial charge in [0.1, 0.15) is 5.78 Å². The Balaban J connectivity index is 3.17. The highest BCUT2D eigenvalue weighted by Crippen LogP contribution is 2.02. The molecule has 2 nitrogen and oxygen atoms in total. The van der Waals surface area contributed by atoms with E-state index in [9.17, 15) is 4.79 Å². The molecule has 0 aliphatic carbocycles. The van der Waals surface area contributed by atoms with Gasteiger partial charge in [0.05, 0.1) is 0 Å². The van der Waals surface area contributed by atoms with Crippen molar-refractivity contribution in [2.45, 2.75) is 38.5 Å². The van der Waals surface area contributed by atoms with Crippen LogP contribution < -0.4 is 5.73 Å². The average molecular weight is 167 g/mol. The molecule has 0 atom stereocenters. The molecule has 0 aromatic heterocycles. The molecule has 0 spiro atoms. The third kappa shape index (κ3) is 7.30. The molecule has 0 aliphatic heterocycles. The van der Waals surface area contributed by atoms with Crippen molar-refractivity contribution in [3.05, 3.63) is 0 Å². The number of nitrogens with two attached hydrogens (primary N) is 1. The van der Waals surface area contributed by atoms with Crippen LogP contribution in [0, 0.1) is 12.3 Å². The number of carbonyl (C=O) groups excluding carboxylic acids is 1. The second-order valence-corrected chi connectivity index (χ2v) is 2.84. The zero-order valence-corrected chi connectivity index (χ0v) is 7.51. The lowest BCUT2D eigenvalue weighted by atomic mass is 10.1. The summed E-state index contributed by atoms with van der Waals surface area (Å²) in [6, 6.07) is 0. The molecular formula is C10H17NO. The van der Waals surface area contributed by atoms with Crippen molar-refractivity contribution < 1.29 is 4.79 Å². The van der Waals surface area contributed by atoms with Crippen LogP contribution in [0.2, 0.25) is 0 Å². The van der Waals surface area contributed by atoms with Gasteiger partial charge in [-0.3, -0.25) is 4.79 Å². The summed E-state index contributed by atoms with van der Waals surface area (Å²) in [6.45, 7) is 0.678. The maximum Gasteiger partial charge on any atom is 0.132 e. The van der Waals surface area contributed by atoms with Gasteiger partial charge < -0.3 is 5.73 Å². The lowest BCUT2D eigenvalue weighted by Crippen LogP contribution is -2.02. The van der Waals surface area contributed by atoms with Crippen LogP contribution in [0.5, 0.6) is 0 Å². The molecule has 0 rings (SSSR count). The van der Waals surface area contributed by atoms with Crippen LogP contribution >= 0.6 is 0 Å². The molecule has 0 radical (unpaired) electrons. The van der Waals surface area contributed by atoms with Crippen LogP contribution in [0.1, 0.15) is 38.5 Å². The number of Topliss-reactive ketones (excluding diaryl/α,β-unsaturated/α-hetero) is 1. The standard InChI is InChI=1S/C10H17NO/c1-2-3-4-7-10(12)8-5-6-9-11/h1H,3-9,11H2. The van der Waals surface area contributed by atoms with E-state index in [0.717, 1.165) is 19.3 Å². The lowest BCUT2D eigenvalue weighted by molar-refractivity contribution is -0.119. The molecule has 0 amide bonds. The van der Waals surface area contributed by atoms with E-state index in [1.54, 1.807) is 0 Å². The van der Waals surface area contributed by atoms with E-state index in [1.165, 1.54) is 0 Å². The maximum atomic E-state index is 11.1. The Bertz CT molecular complexity index is 158. The van der Waals surface area contributed by atoms with Crippen LogP contribution in [0.4, 0.5) is 0 Å². The highest BCUT2D eigenvalue weighted by atomic mass is 16.1. The SMILES string of the molecule is C#CCCCC(=O)CCCCN. The molecule has 0 fully saturated rings. The van der Waals surface area contributed by atoms with Gasteiger partial charge in [0, 0.05) is 19.3 Å². The Hall–Kier alpha value is -0.810. The number of terminal acetylenes is 1. The molecule has 2 N–H and O–H groups in total. The van der Waals surface area contributed by atoms with Gasteiger partial charge >= 0.3 is 0 Å². The smallest absolute Gasteiger partial charge is 0.132 e.